The van der Waals surface area contributed by atoms with E-state index < -0.39 is 36.3 Å². The summed E-state index contributed by atoms with van der Waals surface area (Å²) in [5, 5.41) is 29.0. The number of nitrogens with zero attached hydrogens (tertiary/aromatic N) is 2. The van der Waals surface area contributed by atoms with Crippen molar-refractivity contribution in [1.29, 1.82) is 0 Å². The van der Waals surface area contributed by atoms with E-state index in [0.29, 0.717) is 0 Å². The third-order valence-electron chi connectivity index (χ3n) is 3.04. The number of ether oxygens (including phenoxy) is 1. The van der Waals surface area contributed by atoms with Gasteiger partial charge in [0.05, 0.1) is 6.61 Å². The van der Waals surface area contributed by atoms with Crippen LogP contribution in [0.25, 0.3) is 0 Å². The maximum atomic E-state index is 11.7. The van der Waals surface area contributed by atoms with E-state index in [1.165, 1.54) is 19.2 Å². The van der Waals surface area contributed by atoms with Gasteiger partial charge in [-0.3, -0.25) is 4.57 Å². The normalized spacial score (nSPS) is 35.9. The lowest BCUT2D eigenvalue weighted by Gasteiger charge is -2.27. The fourth-order valence-electron chi connectivity index (χ4n) is 1.99. The van der Waals surface area contributed by atoms with E-state index in [0.717, 1.165) is 4.57 Å². The molecule has 1 aliphatic heterocycles. The summed E-state index contributed by atoms with van der Waals surface area (Å²) in [6.45, 7) is 0.853. The van der Waals surface area contributed by atoms with Crippen molar-refractivity contribution < 1.29 is 20.1 Å². The van der Waals surface area contributed by atoms with Crippen molar-refractivity contribution in [3.8, 4) is 0 Å². The van der Waals surface area contributed by atoms with Crippen LogP contribution in [0.5, 0.6) is 0 Å². The first kappa shape index (κ1) is 13.0. The monoisotopic (exact) mass is 257 g/mol. The molecule has 0 bridgehead atoms. The van der Waals surface area contributed by atoms with Crippen LogP contribution in [0.1, 0.15) is 13.2 Å². The Morgan fingerprint density at radius 3 is 2.83 bits per heavy atom. The van der Waals surface area contributed by atoms with Crippen LogP contribution in [-0.4, -0.2) is 49.3 Å². The largest absolute Gasteiger partial charge is 0.394 e. The van der Waals surface area contributed by atoms with E-state index in [-0.39, 0.29) is 5.82 Å². The highest BCUT2D eigenvalue weighted by Gasteiger charge is 2.53. The second kappa shape index (κ2) is 4.32. The van der Waals surface area contributed by atoms with E-state index in [9.17, 15) is 15.0 Å². The molecule has 1 fully saturated rings. The molecule has 8 nitrogen and oxygen atoms in total. The first-order valence-corrected chi connectivity index (χ1v) is 5.39. The predicted molar refractivity (Wildman–Crippen MR) is 60.5 cm³/mol. The van der Waals surface area contributed by atoms with E-state index in [1.807, 2.05) is 0 Å². The van der Waals surface area contributed by atoms with Gasteiger partial charge in [-0.25, -0.2) is 4.79 Å². The molecule has 8 heteroatoms. The van der Waals surface area contributed by atoms with Crippen LogP contribution in [0.2, 0.25) is 0 Å². The van der Waals surface area contributed by atoms with Crippen molar-refractivity contribution in [3.05, 3.63) is 22.7 Å². The Morgan fingerprint density at radius 1 is 1.67 bits per heavy atom. The number of hydrogen-bond acceptors (Lipinski definition) is 7. The Bertz CT molecular complexity index is 501. The summed E-state index contributed by atoms with van der Waals surface area (Å²) < 4.78 is 6.30. The molecule has 2 heterocycles. The van der Waals surface area contributed by atoms with Gasteiger partial charge in [-0.1, -0.05) is 0 Å². The zero-order valence-electron chi connectivity index (χ0n) is 9.72. The maximum Gasteiger partial charge on any atom is 0.351 e. The van der Waals surface area contributed by atoms with Crippen LogP contribution >= 0.6 is 0 Å². The molecule has 0 spiro atoms. The van der Waals surface area contributed by atoms with E-state index in [4.69, 9.17) is 15.6 Å². The van der Waals surface area contributed by atoms with Crippen LogP contribution in [-0.2, 0) is 4.74 Å². The molecular formula is C10H15N3O5. The van der Waals surface area contributed by atoms with Crippen LogP contribution in [0.15, 0.2) is 17.1 Å². The summed E-state index contributed by atoms with van der Waals surface area (Å²) in [5.74, 6) is 0.0492. The lowest BCUT2D eigenvalue weighted by atomic mass is 9.96. The molecule has 0 aliphatic carbocycles. The number of hydrogen-bond donors (Lipinski definition) is 4. The van der Waals surface area contributed by atoms with Gasteiger partial charge < -0.3 is 25.8 Å². The van der Waals surface area contributed by atoms with Crippen LogP contribution in [0.3, 0.4) is 0 Å². The van der Waals surface area contributed by atoms with Crippen molar-refractivity contribution in [2.24, 2.45) is 0 Å². The lowest BCUT2D eigenvalue weighted by Crippen LogP contribution is -2.46. The second-order valence-corrected chi connectivity index (χ2v) is 4.42. The molecule has 1 aromatic heterocycles. The Kier molecular flexibility index (Phi) is 3.11. The zero-order valence-corrected chi connectivity index (χ0v) is 9.72. The van der Waals surface area contributed by atoms with Gasteiger partial charge >= 0.3 is 5.69 Å². The summed E-state index contributed by atoms with van der Waals surface area (Å²) in [4.78, 5) is 15.2. The summed E-state index contributed by atoms with van der Waals surface area (Å²) >= 11 is 0. The minimum absolute atomic E-state index is 0.0492. The zero-order chi connectivity index (χ0) is 13.5. The van der Waals surface area contributed by atoms with Crippen LogP contribution in [0.4, 0.5) is 5.82 Å². The topological polar surface area (TPSA) is 131 Å². The Labute approximate surface area is 102 Å². The number of aromatic nitrogens is 2. The van der Waals surface area contributed by atoms with Gasteiger partial charge in [0.1, 0.15) is 23.6 Å². The molecule has 0 saturated carbocycles. The van der Waals surface area contributed by atoms with Gasteiger partial charge in [0.15, 0.2) is 6.23 Å². The van der Waals surface area contributed by atoms with Crippen molar-refractivity contribution in [2.75, 3.05) is 12.3 Å². The molecule has 0 radical (unpaired) electrons. The van der Waals surface area contributed by atoms with Gasteiger partial charge in [-0.2, -0.15) is 4.98 Å². The Balaban J connectivity index is 2.42. The predicted octanol–water partition coefficient (Wildman–Crippen LogP) is -2.17. The van der Waals surface area contributed by atoms with E-state index >= 15 is 0 Å². The molecule has 1 saturated heterocycles. The minimum Gasteiger partial charge on any atom is -0.394 e. The van der Waals surface area contributed by atoms with Crippen molar-refractivity contribution in [2.45, 2.75) is 31.0 Å². The molecule has 100 valence electrons. The SMILES string of the molecule is C[C@]1(O)[C@H](O)[C@@H](CO)O[C@H]1n1ccc(N)nc1=O. The fourth-order valence-corrected chi connectivity index (χ4v) is 1.99. The highest BCUT2D eigenvalue weighted by atomic mass is 16.6. The lowest BCUT2D eigenvalue weighted by molar-refractivity contribution is -0.0986. The van der Waals surface area contributed by atoms with Gasteiger partial charge in [0, 0.05) is 6.20 Å². The van der Waals surface area contributed by atoms with Gasteiger partial charge in [0.25, 0.3) is 0 Å². The quantitative estimate of drug-likeness (QED) is 0.474. The van der Waals surface area contributed by atoms with Gasteiger partial charge in [-0.05, 0) is 13.0 Å². The number of nitrogen functional groups attached to an aromatic ring is 1. The van der Waals surface area contributed by atoms with E-state index in [1.54, 1.807) is 0 Å². The minimum atomic E-state index is -1.71. The number of rotatable bonds is 2. The first-order chi connectivity index (χ1) is 8.37. The van der Waals surface area contributed by atoms with E-state index in [2.05, 4.69) is 4.98 Å². The number of anilines is 1. The average Bonchev–Trinajstić information content (AvgIpc) is 2.52. The fraction of sp³-hybridized carbons (Fsp3) is 0.600. The Hall–Kier alpha value is -1.48. The molecule has 0 aromatic carbocycles. The number of aliphatic hydroxyl groups is 3. The summed E-state index contributed by atoms with van der Waals surface area (Å²) in [6.07, 6.45) is -2.09. The molecule has 0 amide bonds. The van der Waals surface area contributed by atoms with Crippen molar-refractivity contribution in [1.82, 2.24) is 9.55 Å². The molecular weight excluding hydrogens is 242 g/mol. The summed E-state index contributed by atoms with van der Waals surface area (Å²) in [6, 6.07) is 1.37. The van der Waals surface area contributed by atoms with Gasteiger partial charge in [-0.15, -0.1) is 0 Å². The average molecular weight is 257 g/mol. The molecule has 18 heavy (non-hydrogen) atoms. The van der Waals surface area contributed by atoms with Crippen molar-refractivity contribution in [3.63, 3.8) is 0 Å². The molecule has 4 atom stereocenters. The number of aliphatic hydroxyl groups excluding tert-OH is 2. The summed E-state index contributed by atoms with van der Waals surface area (Å²) in [7, 11) is 0. The standard InChI is InChI=1S/C10H15N3O5/c1-10(17)7(15)5(4-14)18-8(10)13-3-2-6(11)12-9(13)16/h2-3,5,7-8,14-15,17H,4H2,1H3,(H2,11,12,16)/t5-,7-,8-,10+/m1/s1. The molecule has 2 rings (SSSR count). The van der Waals surface area contributed by atoms with Crippen LogP contribution < -0.4 is 11.4 Å². The molecule has 1 aromatic rings. The van der Waals surface area contributed by atoms with Crippen LogP contribution in [0, 0.1) is 0 Å². The third kappa shape index (κ3) is 1.89. The highest BCUT2D eigenvalue weighted by molar-refractivity contribution is 5.23. The third-order valence-corrected chi connectivity index (χ3v) is 3.04. The maximum absolute atomic E-state index is 11.7. The second-order valence-electron chi connectivity index (χ2n) is 4.42. The number of nitrogens with two attached hydrogens (primary N) is 1. The Morgan fingerprint density at radius 2 is 2.33 bits per heavy atom. The highest BCUT2D eigenvalue weighted by Crippen LogP contribution is 2.37. The first-order valence-electron chi connectivity index (χ1n) is 5.39. The van der Waals surface area contributed by atoms with Gasteiger partial charge in [0.2, 0.25) is 0 Å². The molecule has 1 aliphatic rings. The van der Waals surface area contributed by atoms with Crippen molar-refractivity contribution >= 4 is 5.82 Å². The smallest absolute Gasteiger partial charge is 0.351 e. The molecule has 5 N–H and O–H groups in total. The molecule has 0 unspecified atom stereocenters. The summed E-state index contributed by atoms with van der Waals surface area (Å²) in [5.41, 5.74) is 2.94.